The molecule has 90 valence electrons. The Kier molecular flexibility index (Phi) is 6.18. The Morgan fingerprint density at radius 3 is 2.93 bits per heavy atom. The first-order valence-corrected chi connectivity index (χ1v) is 6.24. The lowest BCUT2D eigenvalue weighted by Crippen LogP contribution is -2.41. The fourth-order valence-electron chi connectivity index (χ4n) is 2.21. The Labute approximate surface area is 93.2 Å². The third-order valence-corrected chi connectivity index (χ3v) is 3.03. The van der Waals surface area contributed by atoms with Crippen LogP contribution in [-0.4, -0.2) is 43.8 Å². The maximum absolute atomic E-state index is 12.1. The minimum Gasteiger partial charge on any atom is -0.314 e. The quantitative estimate of drug-likeness (QED) is 0.731. The molecule has 0 spiro atoms. The van der Waals surface area contributed by atoms with E-state index in [0.717, 1.165) is 32.1 Å². The highest BCUT2D eigenvalue weighted by Gasteiger charge is 2.19. The van der Waals surface area contributed by atoms with Crippen LogP contribution in [0.2, 0.25) is 0 Å². The smallest absolute Gasteiger partial charge is 0.0906 e. The van der Waals surface area contributed by atoms with E-state index in [4.69, 9.17) is 0 Å². The van der Waals surface area contributed by atoms with E-state index in [1.54, 1.807) is 0 Å². The van der Waals surface area contributed by atoms with Crippen molar-refractivity contribution in [2.45, 2.75) is 39.2 Å². The third kappa shape index (κ3) is 5.47. The Balaban J connectivity index is 2.17. The zero-order chi connectivity index (χ0) is 11.1. The van der Waals surface area contributed by atoms with E-state index in [2.05, 4.69) is 24.1 Å². The second-order valence-corrected chi connectivity index (χ2v) is 4.91. The van der Waals surface area contributed by atoms with Gasteiger partial charge in [0.25, 0.3) is 0 Å². The summed E-state index contributed by atoms with van der Waals surface area (Å²) in [6, 6.07) is 0.575. The van der Waals surface area contributed by atoms with Gasteiger partial charge in [0, 0.05) is 19.1 Å². The number of halogens is 1. The van der Waals surface area contributed by atoms with Gasteiger partial charge < -0.3 is 10.2 Å². The zero-order valence-corrected chi connectivity index (χ0v) is 10.1. The monoisotopic (exact) mass is 216 g/mol. The summed E-state index contributed by atoms with van der Waals surface area (Å²) in [5.74, 6) is 0.765. The molecule has 0 bridgehead atoms. The highest BCUT2D eigenvalue weighted by atomic mass is 19.1. The van der Waals surface area contributed by atoms with Crippen LogP contribution in [0.1, 0.15) is 33.1 Å². The molecule has 0 radical (unpaired) electrons. The summed E-state index contributed by atoms with van der Waals surface area (Å²) >= 11 is 0. The van der Waals surface area contributed by atoms with Crippen molar-refractivity contribution in [1.82, 2.24) is 10.2 Å². The van der Waals surface area contributed by atoms with Crippen LogP contribution in [0.5, 0.6) is 0 Å². The first kappa shape index (κ1) is 12.9. The van der Waals surface area contributed by atoms with Gasteiger partial charge in [0.05, 0.1) is 6.67 Å². The van der Waals surface area contributed by atoms with Gasteiger partial charge in [-0.3, -0.25) is 4.39 Å². The van der Waals surface area contributed by atoms with Crippen molar-refractivity contribution in [2.24, 2.45) is 5.92 Å². The highest BCUT2D eigenvalue weighted by Crippen LogP contribution is 2.15. The van der Waals surface area contributed by atoms with E-state index in [1.807, 2.05) is 0 Å². The Hall–Kier alpha value is -0.150. The molecule has 1 fully saturated rings. The minimum atomic E-state index is -0.175. The molecule has 1 atom stereocenters. The van der Waals surface area contributed by atoms with Crippen LogP contribution in [-0.2, 0) is 0 Å². The van der Waals surface area contributed by atoms with Gasteiger partial charge in [-0.05, 0) is 38.3 Å². The summed E-state index contributed by atoms with van der Waals surface area (Å²) in [6.45, 7) is 8.56. The molecule has 1 saturated heterocycles. The van der Waals surface area contributed by atoms with Crippen molar-refractivity contribution in [2.75, 3.05) is 32.9 Å². The average molecular weight is 216 g/mol. The molecule has 1 rings (SSSR count). The number of nitrogens with one attached hydrogen (secondary N) is 1. The number of nitrogens with zero attached hydrogens (tertiary/aromatic N) is 1. The number of rotatable bonds is 6. The van der Waals surface area contributed by atoms with E-state index >= 15 is 0 Å². The van der Waals surface area contributed by atoms with E-state index < -0.39 is 0 Å². The van der Waals surface area contributed by atoms with Gasteiger partial charge >= 0.3 is 0 Å². The van der Waals surface area contributed by atoms with E-state index in [1.165, 1.54) is 12.8 Å². The van der Waals surface area contributed by atoms with Gasteiger partial charge in [-0.15, -0.1) is 0 Å². The summed E-state index contributed by atoms with van der Waals surface area (Å²) in [4.78, 5) is 2.41. The van der Waals surface area contributed by atoms with Gasteiger partial charge in [0.15, 0.2) is 0 Å². The topological polar surface area (TPSA) is 15.3 Å². The van der Waals surface area contributed by atoms with Gasteiger partial charge in [-0.1, -0.05) is 13.8 Å². The molecular weight excluding hydrogens is 191 g/mol. The second-order valence-electron chi connectivity index (χ2n) is 4.91. The van der Waals surface area contributed by atoms with Gasteiger partial charge in [0.1, 0.15) is 0 Å². The van der Waals surface area contributed by atoms with Crippen LogP contribution in [0, 0.1) is 5.92 Å². The van der Waals surface area contributed by atoms with E-state index in [0.29, 0.717) is 12.5 Å². The molecule has 0 aromatic carbocycles. The fourth-order valence-corrected chi connectivity index (χ4v) is 2.21. The molecule has 1 aliphatic heterocycles. The first-order chi connectivity index (χ1) is 7.22. The summed E-state index contributed by atoms with van der Waals surface area (Å²) in [5, 5.41) is 3.49. The van der Waals surface area contributed by atoms with Crippen LogP contribution in [0.4, 0.5) is 4.39 Å². The molecule has 0 aromatic heterocycles. The van der Waals surface area contributed by atoms with Crippen molar-refractivity contribution < 1.29 is 4.39 Å². The molecule has 3 heteroatoms. The van der Waals surface area contributed by atoms with Crippen molar-refractivity contribution in [3.05, 3.63) is 0 Å². The van der Waals surface area contributed by atoms with Crippen LogP contribution in [0.15, 0.2) is 0 Å². The third-order valence-electron chi connectivity index (χ3n) is 3.03. The van der Waals surface area contributed by atoms with Crippen molar-refractivity contribution >= 4 is 0 Å². The van der Waals surface area contributed by atoms with Crippen LogP contribution in [0.3, 0.4) is 0 Å². The Bertz CT molecular complexity index is 162. The predicted molar refractivity (Wildman–Crippen MR) is 62.9 cm³/mol. The maximum Gasteiger partial charge on any atom is 0.0906 e. The van der Waals surface area contributed by atoms with Crippen molar-refractivity contribution in [3.8, 4) is 0 Å². The SMILES string of the molecule is CC(C)NCC1CCCN(CCCF)C1. The molecule has 2 nitrogen and oxygen atoms in total. The fraction of sp³-hybridized carbons (Fsp3) is 1.00. The molecule has 0 amide bonds. The highest BCUT2D eigenvalue weighted by molar-refractivity contribution is 4.75. The molecule has 1 heterocycles. The van der Waals surface area contributed by atoms with Crippen LogP contribution < -0.4 is 5.32 Å². The number of hydrogen-bond acceptors (Lipinski definition) is 2. The lowest BCUT2D eigenvalue weighted by atomic mass is 9.97. The zero-order valence-electron chi connectivity index (χ0n) is 10.1. The Morgan fingerprint density at radius 1 is 1.47 bits per heavy atom. The van der Waals surface area contributed by atoms with Crippen molar-refractivity contribution in [3.63, 3.8) is 0 Å². The van der Waals surface area contributed by atoms with Gasteiger partial charge in [0.2, 0.25) is 0 Å². The lowest BCUT2D eigenvalue weighted by molar-refractivity contribution is 0.165. The summed E-state index contributed by atoms with van der Waals surface area (Å²) in [7, 11) is 0. The van der Waals surface area contributed by atoms with Crippen LogP contribution >= 0.6 is 0 Å². The molecule has 1 aliphatic rings. The second kappa shape index (κ2) is 7.18. The summed E-state index contributed by atoms with van der Waals surface area (Å²) in [6.07, 6.45) is 3.30. The summed E-state index contributed by atoms with van der Waals surface area (Å²) < 4.78 is 12.1. The molecule has 0 aromatic rings. The summed E-state index contributed by atoms with van der Waals surface area (Å²) in [5.41, 5.74) is 0. The number of alkyl halides is 1. The standard InChI is InChI=1S/C12H25FN2/c1-11(2)14-9-12-5-3-7-15(10-12)8-4-6-13/h11-12,14H,3-10H2,1-2H3. The molecular formula is C12H25FN2. The number of likely N-dealkylation sites (tertiary alicyclic amines) is 1. The minimum absolute atomic E-state index is 0.175. The van der Waals surface area contributed by atoms with Gasteiger partial charge in [-0.25, -0.2) is 0 Å². The van der Waals surface area contributed by atoms with Crippen LogP contribution in [0.25, 0.3) is 0 Å². The average Bonchev–Trinajstić information content (AvgIpc) is 2.24. The molecule has 0 saturated carbocycles. The largest absolute Gasteiger partial charge is 0.314 e. The Morgan fingerprint density at radius 2 is 2.27 bits per heavy atom. The van der Waals surface area contributed by atoms with Gasteiger partial charge in [-0.2, -0.15) is 0 Å². The molecule has 1 N–H and O–H groups in total. The lowest BCUT2D eigenvalue weighted by Gasteiger charge is -2.33. The predicted octanol–water partition coefficient (Wildman–Crippen LogP) is 2.06. The van der Waals surface area contributed by atoms with E-state index in [-0.39, 0.29) is 6.67 Å². The van der Waals surface area contributed by atoms with Crippen molar-refractivity contribution in [1.29, 1.82) is 0 Å². The number of piperidine rings is 1. The van der Waals surface area contributed by atoms with E-state index in [9.17, 15) is 4.39 Å². The maximum atomic E-state index is 12.1. The molecule has 0 aliphatic carbocycles. The molecule has 1 unspecified atom stereocenters. The molecule has 15 heavy (non-hydrogen) atoms. The normalized spacial score (nSPS) is 23.6. The number of hydrogen-bond donors (Lipinski definition) is 1. The first-order valence-electron chi connectivity index (χ1n) is 6.24.